The van der Waals surface area contributed by atoms with Crippen LogP contribution in [0.1, 0.15) is 34.3 Å². The minimum atomic E-state index is 0.176. The Morgan fingerprint density at radius 1 is 1.47 bits per heavy atom. The SMILES string of the molecule is Cc1cc(C)c(C=O)c(OC[C@H]2CCCO2)c1. The third-order valence-electron chi connectivity index (χ3n) is 3.06. The van der Waals surface area contributed by atoms with Gasteiger partial charge in [0.2, 0.25) is 0 Å². The van der Waals surface area contributed by atoms with Crippen LogP contribution in [0.5, 0.6) is 5.75 Å². The zero-order valence-electron chi connectivity index (χ0n) is 10.4. The highest BCUT2D eigenvalue weighted by atomic mass is 16.5. The summed E-state index contributed by atoms with van der Waals surface area (Å²) in [7, 11) is 0. The number of benzene rings is 1. The van der Waals surface area contributed by atoms with Crippen molar-refractivity contribution in [2.24, 2.45) is 0 Å². The Morgan fingerprint density at radius 2 is 2.29 bits per heavy atom. The van der Waals surface area contributed by atoms with Gasteiger partial charge in [-0.1, -0.05) is 6.07 Å². The molecule has 0 saturated carbocycles. The number of aryl methyl sites for hydroxylation is 2. The highest BCUT2D eigenvalue weighted by Crippen LogP contribution is 2.24. The van der Waals surface area contributed by atoms with Crippen LogP contribution >= 0.6 is 0 Å². The van der Waals surface area contributed by atoms with E-state index in [9.17, 15) is 4.79 Å². The predicted molar refractivity (Wildman–Crippen MR) is 65.8 cm³/mol. The van der Waals surface area contributed by atoms with E-state index >= 15 is 0 Å². The lowest BCUT2D eigenvalue weighted by Gasteiger charge is -2.14. The number of aldehydes is 1. The lowest BCUT2D eigenvalue weighted by molar-refractivity contribution is 0.0674. The standard InChI is InChI=1S/C14H18O3/c1-10-6-11(2)13(8-15)14(7-10)17-9-12-4-3-5-16-12/h6-8,12H,3-5,9H2,1-2H3/t12-/m1/s1. The molecule has 1 atom stereocenters. The Kier molecular flexibility index (Phi) is 3.79. The summed E-state index contributed by atoms with van der Waals surface area (Å²) >= 11 is 0. The van der Waals surface area contributed by atoms with Gasteiger partial charge in [0, 0.05) is 6.61 Å². The van der Waals surface area contributed by atoms with Crippen LogP contribution in [0, 0.1) is 13.8 Å². The van der Waals surface area contributed by atoms with Crippen LogP contribution in [0.15, 0.2) is 12.1 Å². The van der Waals surface area contributed by atoms with Crippen molar-refractivity contribution in [2.75, 3.05) is 13.2 Å². The van der Waals surface area contributed by atoms with E-state index in [4.69, 9.17) is 9.47 Å². The molecule has 1 heterocycles. The van der Waals surface area contributed by atoms with Gasteiger partial charge in [-0.05, 0) is 43.9 Å². The minimum Gasteiger partial charge on any atom is -0.490 e. The maximum absolute atomic E-state index is 11.0. The summed E-state index contributed by atoms with van der Waals surface area (Å²) in [5.74, 6) is 0.674. The van der Waals surface area contributed by atoms with E-state index in [1.807, 2.05) is 26.0 Å². The summed E-state index contributed by atoms with van der Waals surface area (Å²) in [6.07, 6.45) is 3.18. The second-order valence-corrected chi connectivity index (χ2v) is 4.56. The summed E-state index contributed by atoms with van der Waals surface area (Å²) in [6.45, 7) is 5.28. The van der Waals surface area contributed by atoms with E-state index in [-0.39, 0.29) is 6.10 Å². The molecule has 0 aromatic heterocycles. The third-order valence-corrected chi connectivity index (χ3v) is 3.06. The molecule has 3 heteroatoms. The van der Waals surface area contributed by atoms with Crippen LogP contribution in [0.3, 0.4) is 0 Å². The Hall–Kier alpha value is -1.35. The molecule has 1 aliphatic heterocycles. The first-order valence-corrected chi connectivity index (χ1v) is 6.01. The van der Waals surface area contributed by atoms with Gasteiger partial charge in [0.1, 0.15) is 12.4 Å². The Morgan fingerprint density at radius 3 is 2.94 bits per heavy atom. The molecular formula is C14H18O3. The second kappa shape index (κ2) is 5.32. The Balaban J connectivity index is 2.10. The van der Waals surface area contributed by atoms with E-state index < -0.39 is 0 Å². The molecule has 1 aliphatic rings. The van der Waals surface area contributed by atoms with Gasteiger partial charge in [-0.3, -0.25) is 4.79 Å². The van der Waals surface area contributed by atoms with Crippen molar-refractivity contribution < 1.29 is 14.3 Å². The number of carbonyl (C=O) groups is 1. The van der Waals surface area contributed by atoms with E-state index in [0.29, 0.717) is 17.9 Å². The summed E-state index contributed by atoms with van der Waals surface area (Å²) in [4.78, 5) is 11.0. The molecule has 3 nitrogen and oxygen atoms in total. The zero-order valence-corrected chi connectivity index (χ0v) is 10.4. The average molecular weight is 234 g/mol. The lowest BCUT2D eigenvalue weighted by Crippen LogP contribution is -2.17. The fourth-order valence-electron chi connectivity index (χ4n) is 2.17. The Bertz CT molecular complexity index is 406. The van der Waals surface area contributed by atoms with E-state index in [0.717, 1.165) is 36.9 Å². The van der Waals surface area contributed by atoms with Gasteiger partial charge in [0.25, 0.3) is 0 Å². The number of hydrogen-bond donors (Lipinski definition) is 0. The van der Waals surface area contributed by atoms with E-state index in [2.05, 4.69) is 0 Å². The average Bonchev–Trinajstić information content (AvgIpc) is 2.78. The molecule has 0 radical (unpaired) electrons. The lowest BCUT2D eigenvalue weighted by atomic mass is 10.1. The van der Waals surface area contributed by atoms with Gasteiger partial charge in [-0.2, -0.15) is 0 Å². The van der Waals surface area contributed by atoms with Gasteiger partial charge in [0.15, 0.2) is 6.29 Å². The largest absolute Gasteiger partial charge is 0.490 e. The van der Waals surface area contributed by atoms with Crippen LogP contribution in [0.2, 0.25) is 0 Å². The number of ether oxygens (including phenoxy) is 2. The minimum absolute atomic E-state index is 0.176. The second-order valence-electron chi connectivity index (χ2n) is 4.56. The number of carbonyl (C=O) groups excluding carboxylic acids is 1. The van der Waals surface area contributed by atoms with Crippen molar-refractivity contribution in [2.45, 2.75) is 32.8 Å². The maximum Gasteiger partial charge on any atom is 0.154 e. The fourth-order valence-corrected chi connectivity index (χ4v) is 2.17. The van der Waals surface area contributed by atoms with Gasteiger partial charge >= 0.3 is 0 Å². The van der Waals surface area contributed by atoms with Crippen LogP contribution in [-0.2, 0) is 4.74 Å². The van der Waals surface area contributed by atoms with Crippen molar-refractivity contribution in [1.29, 1.82) is 0 Å². The van der Waals surface area contributed by atoms with Gasteiger partial charge < -0.3 is 9.47 Å². The Labute approximate surface area is 102 Å². The van der Waals surface area contributed by atoms with E-state index in [1.54, 1.807) is 0 Å². The molecule has 1 saturated heterocycles. The number of rotatable bonds is 4. The third kappa shape index (κ3) is 2.86. The molecule has 0 amide bonds. The van der Waals surface area contributed by atoms with Crippen molar-refractivity contribution in [3.8, 4) is 5.75 Å². The van der Waals surface area contributed by atoms with Crippen LogP contribution in [-0.4, -0.2) is 25.6 Å². The topological polar surface area (TPSA) is 35.5 Å². The molecule has 1 aromatic carbocycles. The van der Waals surface area contributed by atoms with Crippen LogP contribution in [0.25, 0.3) is 0 Å². The summed E-state index contributed by atoms with van der Waals surface area (Å²) in [5, 5.41) is 0. The molecule has 17 heavy (non-hydrogen) atoms. The molecule has 0 aliphatic carbocycles. The summed E-state index contributed by atoms with van der Waals surface area (Å²) < 4.78 is 11.2. The molecule has 1 aromatic rings. The molecule has 0 unspecified atom stereocenters. The molecule has 0 bridgehead atoms. The normalized spacial score (nSPS) is 19.3. The van der Waals surface area contributed by atoms with Crippen LogP contribution in [0.4, 0.5) is 0 Å². The molecular weight excluding hydrogens is 216 g/mol. The molecule has 92 valence electrons. The zero-order chi connectivity index (χ0) is 12.3. The number of hydrogen-bond acceptors (Lipinski definition) is 3. The van der Waals surface area contributed by atoms with Gasteiger partial charge in [-0.25, -0.2) is 0 Å². The van der Waals surface area contributed by atoms with Crippen LogP contribution < -0.4 is 4.74 Å². The van der Waals surface area contributed by atoms with Crippen molar-refractivity contribution in [1.82, 2.24) is 0 Å². The molecule has 1 fully saturated rings. The summed E-state index contributed by atoms with van der Waals surface area (Å²) in [6, 6.07) is 3.90. The molecule has 0 spiro atoms. The first-order chi connectivity index (χ1) is 8.20. The van der Waals surface area contributed by atoms with Gasteiger partial charge in [-0.15, -0.1) is 0 Å². The highest BCUT2D eigenvalue weighted by Gasteiger charge is 2.17. The quantitative estimate of drug-likeness (QED) is 0.751. The van der Waals surface area contributed by atoms with Crippen molar-refractivity contribution >= 4 is 6.29 Å². The maximum atomic E-state index is 11.0. The van der Waals surface area contributed by atoms with Gasteiger partial charge in [0.05, 0.1) is 11.7 Å². The summed E-state index contributed by atoms with van der Waals surface area (Å²) in [5.41, 5.74) is 2.71. The molecule has 0 N–H and O–H groups in total. The first-order valence-electron chi connectivity index (χ1n) is 6.01. The van der Waals surface area contributed by atoms with Crippen molar-refractivity contribution in [3.05, 3.63) is 28.8 Å². The first kappa shape index (κ1) is 12.1. The van der Waals surface area contributed by atoms with Crippen molar-refractivity contribution in [3.63, 3.8) is 0 Å². The predicted octanol–water partition coefficient (Wildman–Crippen LogP) is 2.67. The smallest absolute Gasteiger partial charge is 0.154 e. The fraction of sp³-hybridized carbons (Fsp3) is 0.500. The van der Waals surface area contributed by atoms with E-state index in [1.165, 1.54) is 0 Å². The highest BCUT2D eigenvalue weighted by molar-refractivity contribution is 5.81. The molecule has 2 rings (SSSR count). The monoisotopic (exact) mass is 234 g/mol.